The highest BCUT2D eigenvalue weighted by atomic mass is 19.1. The van der Waals surface area contributed by atoms with Crippen LogP contribution in [-0.4, -0.2) is 24.0 Å². The smallest absolute Gasteiger partial charge is 0.223 e. The average molecular weight is 327 g/mol. The molecule has 0 saturated heterocycles. The van der Waals surface area contributed by atoms with Crippen LogP contribution in [-0.2, 0) is 17.8 Å². The van der Waals surface area contributed by atoms with Crippen molar-refractivity contribution in [3.8, 4) is 5.75 Å². The molecule has 24 heavy (non-hydrogen) atoms. The molecule has 1 amide bonds. The molecule has 1 fully saturated rings. The average Bonchev–Trinajstić information content (AvgIpc) is 3.43. The first-order valence-corrected chi connectivity index (χ1v) is 8.33. The number of ether oxygens (including phenoxy) is 1. The second-order valence-electron chi connectivity index (χ2n) is 6.21. The van der Waals surface area contributed by atoms with Crippen LogP contribution in [0.15, 0.2) is 48.5 Å². The van der Waals surface area contributed by atoms with Gasteiger partial charge < -0.3 is 9.64 Å². The number of hydrogen-bond donors (Lipinski definition) is 0. The van der Waals surface area contributed by atoms with Crippen LogP contribution >= 0.6 is 0 Å². The molecule has 4 heteroatoms. The summed E-state index contributed by atoms with van der Waals surface area (Å²) in [5, 5.41) is 0. The van der Waals surface area contributed by atoms with Crippen LogP contribution in [0, 0.1) is 5.82 Å². The minimum absolute atomic E-state index is 0.137. The van der Waals surface area contributed by atoms with Gasteiger partial charge in [0.15, 0.2) is 11.6 Å². The Morgan fingerprint density at radius 3 is 2.54 bits per heavy atom. The zero-order chi connectivity index (χ0) is 16.9. The Balaban J connectivity index is 1.61. The van der Waals surface area contributed by atoms with E-state index in [0.717, 1.165) is 24.0 Å². The lowest BCUT2D eigenvalue weighted by Gasteiger charge is -2.22. The Bertz CT molecular complexity index is 698. The summed E-state index contributed by atoms with van der Waals surface area (Å²) in [6, 6.07) is 15.3. The number of rotatable bonds is 7. The summed E-state index contributed by atoms with van der Waals surface area (Å²) in [6.45, 7) is 0.654. The molecule has 0 heterocycles. The summed E-state index contributed by atoms with van der Waals surface area (Å²) in [5.74, 6) is -0.0166. The molecular weight excluding hydrogens is 305 g/mol. The molecule has 0 aromatic heterocycles. The lowest BCUT2D eigenvalue weighted by atomic mass is 10.1. The Morgan fingerprint density at radius 1 is 1.17 bits per heavy atom. The van der Waals surface area contributed by atoms with Gasteiger partial charge in [0.2, 0.25) is 5.91 Å². The molecule has 1 aliphatic carbocycles. The lowest BCUT2D eigenvalue weighted by Crippen LogP contribution is -2.32. The quantitative estimate of drug-likeness (QED) is 0.770. The van der Waals surface area contributed by atoms with E-state index >= 15 is 0 Å². The van der Waals surface area contributed by atoms with Gasteiger partial charge in [-0.05, 0) is 42.5 Å². The summed E-state index contributed by atoms with van der Waals surface area (Å²) in [7, 11) is 1.44. The third-order valence-corrected chi connectivity index (χ3v) is 4.35. The van der Waals surface area contributed by atoms with Gasteiger partial charge in [0.1, 0.15) is 0 Å². The van der Waals surface area contributed by atoms with Crippen molar-refractivity contribution in [1.29, 1.82) is 0 Å². The molecule has 2 aromatic carbocycles. The number of nitrogens with zero attached hydrogens (tertiary/aromatic N) is 1. The first kappa shape index (κ1) is 16.5. The number of benzene rings is 2. The highest BCUT2D eigenvalue weighted by Gasteiger charge is 2.32. The summed E-state index contributed by atoms with van der Waals surface area (Å²) in [4.78, 5) is 14.6. The Labute approximate surface area is 142 Å². The maximum atomic E-state index is 13.7. The molecule has 126 valence electrons. The summed E-state index contributed by atoms with van der Waals surface area (Å²) in [6.07, 6.45) is 3.10. The molecule has 3 nitrogen and oxygen atoms in total. The van der Waals surface area contributed by atoms with Gasteiger partial charge in [-0.15, -0.1) is 0 Å². The lowest BCUT2D eigenvalue weighted by molar-refractivity contribution is -0.132. The van der Waals surface area contributed by atoms with Crippen molar-refractivity contribution in [2.24, 2.45) is 0 Å². The van der Waals surface area contributed by atoms with Crippen LogP contribution < -0.4 is 4.74 Å². The minimum atomic E-state index is -0.384. The molecule has 0 bridgehead atoms. The molecule has 0 N–H and O–H groups in total. The summed E-state index contributed by atoms with van der Waals surface area (Å²) in [5.41, 5.74) is 1.96. The number of carbonyl (C=O) groups excluding carboxylic acids is 1. The Kier molecular flexibility index (Phi) is 5.14. The van der Waals surface area contributed by atoms with Crippen LogP contribution in [0.3, 0.4) is 0 Å². The van der Waals surface area contributed by atoms with E-state index in [1.165, 1.54) is 13.2 Å². The van der Waals surface area contributed by atoms with Gasteiger partial charge in [0, 0.05) is 19.0 Å². The number of methoxy groups -OCH3 is 1. The normalized spacial score (nSPS) is 13.6. The standard InChI is InChI=1S/C20H22FNO2/c1-24-19-11-7-15(13-18(19)21)8-12-20(23)22(17-9-10-17)14-16-5-3-2-4-6-16/h2-7,11,13,17H,8-10,12,14H2,1H3. The second kappa shape index (κ2) is 7.47. The number of halogens is 1. The highest BCUT2D eigenvalue weighted by Crippen LogP contribution is 2.29. The Morgan fingerprint density at radius 2 is 1.92 bits per heavy atom. The third-order valence-electron chi connectivity index (χ3n) is 4.35. The molecule has 0 radical (unpaired) electrons. The van der Waals surface area contributed by atoms with Gasteiger partial charge in [-0.1, -0.05) is 36.4 Å². The fourth-order valence-electron chi connectivity index (χ4n) is 2.85. The molecule has 1 aliphatic rings. The first-order valence-electron chi connectivity index (χ1n) is 8.33. The maximum Gasteiger partial charge on any atom is 0.223 e. The number of hydrogen-bond acceptors (Lipinski definition) is 2. The van der Waals surface area contributed by atoms with E-state index < -0.39 is 0 Å². The maximum absolute atomic E-state index is 13.7. The van der Waals surface area contributed by atoms with Crippen LogP contribution in [0.5, 0.6) is 5.75 Å². The van der Waals surface area contributed by atoms with Gasteiger partial charge in [-0.2, -0.15) is 0 Å². The molecule has 2 aromatic rings. The zero-order valence-corrected chi connectivity index (χ0v) is 13.9. The van der Waals surface area contributed by atoms with Gasteiger partial charge >= 0.3 is 0 Å². The van der Waals surface area contributed by atoms with E-state index in [2.05, 4.69) is 0 Å². The van der Waals surface area contributed by atoms with Crippen molar-refractivity contribution >= 4 is 5.91 Å². The van der Waals surface area contributed by atoms with E-state index in [9.17, 15) is 9.18 Å². The number of carbonyl (C=O) groups is 1. The van der Waals surface area contributed by atoms with Crippen molar-refractivity contribution in [1.82, 2.24) is 4.90 Å². The van der Waals surface area contributed by atoms with E-state index in [-0.39, 0.29) is 17.5 Å². The molecule has 3 rings (SSSR count). The third kappa shape index (κ3) is 4.13. The van der Waals surface area contributed by atoms with Gasteiger partial charge in [-0.25, -0.2) is 4.39 Å². The summed E-state index contributed by atoms with van der Waals surface area (Å²) < 4.78 is 18.7. The van der Waals surface area contributed by atoms with E-state index in [1.807, 2.05) is 41.3 Å². The Hall–Kier alpha value is -2.36. The van der Waals surface area contributed by atoms with Crippen LogP contribution in [0.1, 0.15) is 30.4 Å². The van der Waals surface area contributed by atoms with E-state index in [1.54, 1.807) is 6.07 Å². The topological polar surface area (TPSA) is 29.5 Å². The molecular formula is C20H22FNO2. The van der Waals surface area contributed by atoms with Crippen LogP contribution in [0.4, 0.5) is 4.39 Å². The SMILES string of the molecule is COc1ccc(CCC(=O)N(Cc2ccccc2)C2CC2)cc1F. The number of aryl methyl sites for hydroxylation is 1. The van der Waals surface area contributed by atoms with E-state index in [4.69, 9.17) is 4.74 Å². The van der Waals surface area contributed by atoms with Crippen molar-refractivity contribution < 1.29 is 13.9 Å². The van der Waals surface area contributed by atoms with Crippen molar-refractivity contribution in [2.75, 3.05) is 7.11 Å². The summed E-state index contributed by atoms with van der Waals surface area (Å²) >= 11 is 0. The van der Waals surface area contributed by atoms with E-state index in [0.29, 0.717) is 25.4 Å². The molecule has 0 atom stereocenters. The van der Waals surface area contributed by atoms with Crippen molar-refractivity contribution in [2.45, 2.75) is 38.3 Å². The largest absolute Gasteiger partial charge is 0.494 e. The monoisotopic (exact) mass is 327 g/mol. The van der Waals surface area contributed by atoms with Crippen molar-refractivity contribution in [3.05, 3.63) is 65.5 Å². The molecule has 0 unspecified atom stereocenters. The zero-order valence-electron chi connectivity index (χ0n) is 13.9. The molecule has 0 aliphatic heterocycles. The van der Waals surface area contributed by atoms with Gasteiger partial charge in [-0.3, -0.25) is 4.79 Å². The predicted molar refractivity (Wildman–Crippen MR) is 91.3 cm³/mol. The number of amides is 1. The molecule has 1 saturated carbocycles. The van der Waals surface area contributed by atoms with Crippen LogP contribution in [0.2, 0.25) is 0 Å². The predicted octanol–water partition coefficient (Wildman–Crippen LogP) is 3.96. The second-order valence-corrected chi connectivity index (χ2v) is 6.21. The fourth-order valence-corrected chi connectivity index (χ4v) is 2.85. The van der Waals surface area contributed by atoms with Crippen molar-refractivity contribution in [3.63, 3.8) is 0 Å². The van der Waals surface area contributed by atoms with Gasteiger partial charge in [0.25, 0.3) is 0 Å². The van der Waals surface area contributed by atoms with Crippen LogP contribution in [0.25, 0.3) is 0 Å². The molecule has 0 spiro atoms. The minimum Gasteiger partial charge on any atom is -0.494 e. The first-order chi connectivity index (χ1) is 11.7. The van der Waals surface area contributed by atoms with Gasteiger partial charge in [0.05, 0.1) is 7.11 Å². The fraction of sp³-hybridized carbons (Fsp3) is 0.350. The highest BCUT2D eigenvalue weighted by molar-refractivity contribution is 5.77.